The first-order chi connectivity index (χ1) is 12.7. The van der Waals surface area contributed by atoms with Gasteiger partial charge in [0.05, 0.1) is 5.56 Å². The van der Waals surface area contributed by atoms with Crippen LogP contribution in [0.4, 0.5) is 5.69 Å². The Bertz CT molecular complexity index is 800. The lowest BCUT2D eigenvalue weighted by molar-refractivity contribution is -0.00277. The molecule has 2 nitrogen and oxygen atoms in total. The highest BCUT2D eigenvalue weighted by molar-refractivity contribution is 14.1. The molecule has 0 atom stereocenters. The molecule has 0 spiro atoms. The van der Waals surface area contributed by atoms with E-state index < -0.39 is 0 Å². The third-order valence-corrected chi connectivity index (χ3v) is 7.84. The summed E-state index contributed by atoms with van der Waals surface area (Å²) in [6.45, 7) is 0. The smallest absolute Gasteiger partial charge is 0.256 e. The molecule has 0 radical (unpaired) electrons. The van der Waals surface area contributed by atoms with Crippen LogP contribution in [0.2, 0.25) is 0 Å². The Morgan fingerprint density at radius 2 is 1.46 bits per heavy atom. The molecule has 1 N–H and O–H groups in total. The summed E-state index contributed by atoms with van der Waals surface area (Å²) in [4.78, 5) is 12.5. The summed E-state index contributed by atoms with van der Waals surface area (Å²) >= 11 is 2.21. The van der Waals surface area contributed by atoms with Crippen molar-refractivity contribution in [1.82, 2.24) is 0 Å². The number of benzene rings is 2. The maximum absolute atomic E-state index is 12.5. The Kier molecular flexibility index (Phi) is 4.30. The van der Waals surface area contributed by atoms with Gasteiger partial charge >= 0.3 is 0 Å². The standard InChI is InChI=1S/C23H24INO/c24-21-4-2-1-3-20(21)23(26)25-19-7-5-16(6-8-19)22-17-10-14-9-15(12-17)13-18(22)11-14/h1-8,14-15,17-18,22H,9-13H2,(H,25,26). The number of rotatable bonds is 3. The summed E-state index contributed by atoms with van der Waals surface area (Å²) in [5, 5.41) is 3.05. The zero-order valence-electron chi connectivity index (χ0n) is 14.8. The molecule has 0 saturated heterocycles. The minimum absolute atomic E-state index is 0.0302. The molecule has 6 rings (SSSR count). The van der Waals surface area contributed by atoms with Crippen LogP contribution in [0.1, 0.15) is 53.9 Å². The number of carbonyl (C=O) groups excluding carboxylic acids is 1. The van der Waals surface area contributed by atoms with Crippen LogP contribution in [0.25, 0.3) is 0 Å². The largest absolute Gasteiger partial charge is 0.322 e. The number of hydrogen-bond acceptors (Lipinski definition) is 1. The van der Waals surface area contributed by atoms with Crippen LogP contribution in [0.5, 0.6) is 0 Å². The minimum atomic E-state index is -0.0302. The predicted molar refractivity (Wildman–Crippen MR) is 113 cm³/mol. The molecule has 1 amide bonds. The molecule has 2 aromatic rings. The van der Waals surface area contributed by atoms with Crippen LogP contribution in [0, 0.1) is 27.2 Å². The third kappa shape index (κ3) is 2.98. The molecular formula is C23H24INO. The molecule has 0 aromatic heterocycles. The molecule has 3 heteroatoms. The van der Waals surface area contributed by atoms with Crippen LogP contribution in [0.15, 0.2) is 48.5 Å². The van der Waals surface area contributed by atoms with Crippen LogP contribution in [-0.2, 0) is 0 Å². The highest BCUT2D eigenvalue weighted by Crippen LogP contribution is 2.59. The first-order valence-corrected chi connectivity index (χ1v) is 10.9. The molecular weight excluding hydrogens is 433 g/mol. The van der Waals surface area contributed by atoms with Crippen LogP contribution >= 0.6 is 22.6 Å². The number of amides is 1. The van der Waals surface area contributed by atoms with Gasteiger partial charge in [0.1, 0.15) is 0 Å². The summed E-state index contributed by atoms with van der Waals surface area (Å²) < 4.78 is 0.979. The Balaban J connectivity index is 1.32. The maximum atomic E-state index is 12.5. The van der Waals surface area contributed by atoms with Gasteiger partial charge in [-0.05, 0) is 114 Å². The van der Waals surface area contributed by atoms with Gasteiger partial charge in [0.25, 0.3) is 5.91 Å². The van der Waals surface area contributed by atoms with Crippen molar-refractivity contribution in [3.8, 4) is 0 Å². The highest BCUT2D eigenvalue weighted by Gasteiger charge is 2.48. The number of hydrogen-bond donors (Lipinski definition) is 1. The maximum Gasteiger partial charge on any atom is 0.256 e. The summed E-state index contributed by atoms with van der Waals surface area (Å²) in [5.41, 5.74) is 3.12. The van der Waals surface area contributed by atoms with E-state index in [4.69, 9.17) is 0 Å². The molecule has 4 aliphatic rings. The lowest BCUT2D eigenvalue weighted by Gasteiger charge is -2.54. The topological polar surface area (TPSA) is 29.1 Å². The van der Waals surface area contributed by atoms with Gasteiger partial charge < -0.3 is 5.32 Å². The van der Waals surface area contributed by atoms with Crippen molar-refractivity contribution in [3.63, 3.8) is 0 Å². The Morgan fingerprint density at radius 3 is 2.08 bits per heavy atom. The molecule has 134 valence electrons. The second-order valence-corrected chi connectivity index (χ2v) is 9.67. The zero-order chi connectivity index (χ0) is 17.7. The van der Waals surface area contributed by atoms with Crippen molar-refractivity contribution >= 4 is 34.2 Å². The Hall–Kier alpha value is -1.36. The van der Waals surface area contributed by atoms with Crippen molar-refractivity contribution in [2.24, 2.45) is 23.7 Å². The fourth-order valence-corrected chi connectivity index (χ4v) is 6.73. The average molecular weight is 457 g/mol. The highest BCUT2D eigenvalue weighted by atomic mass is 127. The van der Waals surface area contributed by atoms with E-state index in [9.17, 15) is 4.79 Å². The Labute approximate surface area is 168 Å². The summed E-state index contributed by atoms with van der Waals surface area (Å²) in [5.74, 6) is 4.55. The molecule has 0 unspecified atom stereocenters. The van der Waals surface area contributed by atoms with Crippen molar-refractivity contribution < 1.29 is 4.79 Å². The van der Waals surface area contributed by atoms with Gasteiger partial charge in [0.2, 0.25) is 0 Å². The van der Waals surface area contributed by atoms with Crippen molar-refractivity contribution in [3.05, 3.63) is 63.2 Å². The minimum Gasteiger partial charge on any atom is -0.322 e. The van der Waals surface area contributed by atoms with Crippen molar-refractivity contribution in [1.29, 1.82) is 0 Å². The van der Waals surface area contributed by atoms with Crippen LogP contribution in [0.3, 0.4) is 0 Å². The van der Waals surface area contributed by atoms with E-state index in [1.807, 2.05) is 24.3 Å². The normalized spacial score (nSPS) is 31.8. The third-order valence-electron chi connectivity index (χ3n) is 6.90. The lowest BCUT2D eigenvalue weighted by Crippen LogP contribution is -2.43. The quantitative estimate of drug-likeness (QED) is 0.556. The number of nitrogens with one attached hydrogen (secondary N) is 1. The van der Waals surface area contributed by atoms with E-state index in [0.717, 1.165) is 44.4 Å². The summed E-state index contributed by atoms with van der Waals surface area (Å²) in [6.07, 6.45) is 7.29. The second-order valence-electron chi connectivity index (χ2n) is 8.51. The van der Waals surface area contributed by atoms with Gasteiger partial charge in [0, 0.05) is 9.26 Å². The molecule has 4 fully saturated rings. The van der Waals surface area contributed by atoms with Gasteiger partial charge in [-0.3, -0.25) is 4.79 Å². The van der Waals surface area contributed by atoms with E-state index in [1.54, 1.807) is 0 Å². The first-order valence-electron chi connectivity index (χ1n) is 9.83. The number of anilines is 1. The number of halogens is 1. The monoisotopic (exact) mass is 457 g/mol. The van der Waals surface area contributed by atoms with Gasteiger partial charge in [-0.15, -0.1) is 0 Å². The van der Waals surface area contributed by atoms with E-state index in [-0.39, 0.29) is 5.91 Å². The van der Waals surface area contributed by atoms with Gasteiger partial charge in [-0.25, -0.2) is 0 Å². The fourth-order valence-electron chi connectivity index (χ4n) is 6.10. The predicted octanol–water partition coefficient (Wildman–Crippen LogP) is 6.08. The first kappa shape index (κ1) is 16.8. The average Bonchev–Trinajstić information content (AvgIpc) is 2.62. The van der Waals surface area contributed by atoms with Crippen LogP contribution < -0.4 is 5.32 Å². The molecule has 0 heterocycles. The second kappa shape index (κ2) is 6.66. The zero-order valence-corrected chi connectivity index (χ0v) is 17.0. The summed E-state index contributed by atoms with van der Waals surface area (Å²) in [7, 11) is 0. The molecule has 4 bridgehead atoms. The van der Waals surface area contributed by atoms with Crippen molar-refractivity contribution in [2.45, 2.75) is 38.0 Å². The lowest BCUT2D eigenvalue weighted by atomic mass is 9.51. The SMILES string of the molecule is O=C(Nc1ccc(C2C3CC4CC(C3)CC2C4)cc1)c1ccccc1I. The van der Waals surface area contributed by atoms with Crippen LogP contribution in [-0.4, -0.2) is 5.91 Å². The summed E-state index contributed by atoms with van der Waals surface area (Å²) in [6, 6.07) is 16.4. The number of carbonyl (C=O) groups is 1. The van der Waals surface area contributed by atoms with E-state index in [1.165, 1.54) is 37.7 Å². The molecule has 26 heavy (non-hydrogen) atoms. The molecule has 2 aromatic carbocycles. The van der Waals surface area contributed by atoms with Crippen molar-refractivity contribution in [2.75, 3.05) is 5.32 Å². The molecule has 4 aliphatic carbocycles. The Morgan fingerprint density at radius 1 is 0.846 bits per heavy atom. The van der Waals surface area contributed by atoms with Gasteiger partial charge in [-0.2, -0.15) is 0 Å². The van der Waals surface area contributed by atoms with E-state index >= 15 is 0 Å². The van der Waals surface area contributed by atoms with Gasteiger partial charge in [0.15, 0.2) is 0 Å². The van der Waals surface area contributed by atoms with Gasteiger partial charge in [-0.1, -0.05) is 24.3 Å². The molecule has 0 aliphatic heterocycles. The fraction of sp³-hybridized carbons (Fsp3) is 0.435. The molecule has 4 saturated carbocycles. The van der Waals surface area contributed by atoms with E-state index in [2.05, 4.69) is 52.2 Å². The van der Waals surface area contributed by atoms with E-state index in [0.29, 0.717) is 0 Å².